The topological polar surface area (TPSA) is 81.3 Å². The quantitative estimate of drug-likeness (QED) is 0.474. The Morgan fingerprint density at radius 1 is 1.12 bits per heavy atom. The van der Waals surface area contributed by atoms with E-state index < -0.39 is 0 Å². The second-order valence-electron chi connectivity index (χ2n) is 7.82. The Labute approximate surface area is 186 Å². The number of anilines is 1. The Morgan fingerprint density at radius 2 is 1.88 bits per heavy atom. The minimum absolute atomic E-state index is 0.0639. The lowest BCUT2D eigenvalue weighted by Gasteiger charge is -2.14. The van der Waals surface area contributed by atoms with Gasteiger partial charge in [0.1, 0.15) is 0 Å². The molecule has 0 fully saturated rings. The number of hydrogen-bond acceptors (Lipinski definition) is 4. The van der Waals surface area contributed by atoms with Crippen molar-refractivity contribution in [2.45, 2.75) is 33.7 Å². The Balaban J connectivity index is 1.76. The van der Waals surface area contributed by atoms with Crippen LogP contribution in [0.2, 0.25) is 0 Å². The van der Waals surface area contributed by atoms with Crippen LogP contribution < -0.4 is 10.9 Å². The van der Waals surface area contributed by atoms with Gasteiger partial charge < -0.3 is 9.88 Å². The lowest BCUT2D eigenvalue weighted by molar-refractivity contribution is -0.115. The highest BCUT2D eigenvalue weighted by molar-refractivity contribution is 5.93. The summed E-state index contributed by atoms with van der Waals surface area (Å²) in [5.74, 6) is 0.617. The summed E-state index contributed by atoms with van der Waals surface area (Å²) < 4.78 is 3.13. The van der Waals surface area contributed by atoms with Gasteiger partial charge in [-0.15, -0.1) is 11.7 Å². The number of carbonyl (C=O) groups excluding carboxylic acids is 1. The Hall–Kier alpha value is -4.00. The van der Waals surface area contributed by atoms with Gasteiger partial charge in [-0.05, 0) is 32.4 Å². The monoisotopic (exact) mass is 427 g/mol. The predicted octanol–water partition coefficient (Wildman–Crippen LogP) is 3.85. The molecule has 7 heteroatoms. The first-order valence-corrected chi connectivity index (χ1v) is 10.4. The number of nitrogens with zero attached hydrogens (tertiary/aromatic N) is 4. The van der Waals surface area contributed by atoms with E-state index in [1.807, 2.05) is 73.9 Å². The van der Waals surface area contributed by atoms with Crippen LogP contribution in [-0.2, 0) is 17.8 Å². The maximum atomic E-state index is 13.3. The van der Waals surface area contributed by atoms with Crippen LogP contribution >= 0.6 is 0 Å². The third-order valence-corrected chi connectivity index (χ3v) is 5.46. The number of rotatable bonds is 6. The van der Waals surface area contributed by atoms with Crippen molar-refractivity contribution in [3.63, 3.8) is 0 Å². The van der Waals surface area contributed by atoms with Crippen molar-refractivity contribution in [3.8, 4) is 11.4 Å². The van der Waals surface area contributed by atoms with Gasteiger partial charge in [-0.2, -0.15) is 9.50 Å². The number of allylic oxidation sites excluding steroid dienone is 1. The molecule has 0 aliphatic carbocycles. The summed E-state index contributed by atoms with van der Waals surface area (Å²) in [5, 5.41) is 7.37. The lowest BCUT2D eigenvalue weighted by atomic mass is 10.1. The van der Waals surface area contributed by atoms with Crippen molar-refractivity contribution >= 4 is 17.4 Å². The molecule has 0 aliphatic heterocycles. The normalized spacial score (nSPS) is 11.0. The maximum absolute atomic E-state index is 13.3. The molecule has 4 aromatic rings. The molecule has 0 saturated carbocycles. The maximum Gasteiger partial charge on any atom is 0.279 e. The first kappa shape index (κ1) is 21.2. The molecule has 162 valence electrons. The van der Waals surface area contributed by atoms with Crippen LogP contribution in [0.5, 0.6) is 0 Å². The zero-order valence-corrected chi connectivity index (χ0v) is 18.4. The minimum Gasteiger partial charge on any atom is -0.326 e. The van der Waals surface area contributed by atoms with Crippen molar-refractivity contribution in [2.75, 3.05) is 5.32 Å². The van der Waals surface area contributed by atoms with E-state index in [1.165, 1.54) is 4.52 Å². The van der Waals surface area contributed by atoms with Gasteiger partial charge >= 0.3 is 0 Å². The molecule has 0 radical (unpaired) electrons. The van der Waals surface area contributed by atoms with Crippen molar-refractivity contribution in [2.24, 2.45) is 0 Å². The highest BCUT2D eigenvalue weighted by Crippen LogP contribution is 2.19. The summed E-state index contributed by atoms with van der Waals surface area (Å²) in [7, 11) is 0. The van der Waals surface area contributed by atoms with Gasteiger partial charge in [-0.25, -0.2) is 0 Å². The van der Waals surface area contributed by atoms with Crippen LogP contribution in [0.1, 0.15) is 22.4 Å². The number of benzene rings is 2. The molecule has 0 atom stereocenters. The van der Waals surface area contributed by atoms with E-state index in [4.69, 9.17) is 0 Å². The fourth-order valence-electron chi connectivity index (χ4n) is 3.78. The molecule has 4 rings (SSSR count). The van der Waals surface area contributed by atoms with E-state index in [1.54, 1.807) is 6.08 Å². The number of nitrogens with one attached hydrogen (secondary N) is 1. The number of hydrogen-bond donors (Lipinski definition) is 1. The van der Waals surface area contributed by atoms with Gasteiger partial charge in [0.25, 0.3) is 5.56 Å². The Bertz CT molecular complexity index is 1380. The Morgan fingerprint density at radius 3 is 2.56 bits per heavy atom. The molecule has 2 heterocycles. The highest BCUT2D eigenvalue weighted by Gasteiger charge is 2.20. The number of aromatic nitrogens is 4. The fourth-order valence-corrected chi connectivity index (χ4v) is 3.78. The van der Waals surface area contributed by atoms with Gasteiger partial charge in [0, 0.05) is 29.1 Å². The lowest BCUT2D eigenvalue weighted by Crippen LogP contribution is -2.29. The molecule has 2 aromatic heterocycles. The molecular formula is C25H25N5O2. The summed E-state index contributed by atoms with van der Waals surface area (Å²) >= 11 is 0. The summed E-state index contributed by atoms with van der Waals surface area (Å²) in [5.41, 5.74) is 4.35. The van der Waals surface area contributed by atoms with Gasteiger partial charge in [-0.1, -0.05) is 54.1 Å². The van der Waals surface area contributed by atoms with Crippen LogP contribution in [0, 0.1) is 20.8 Å². The van der Waals surface area contributed by atoms with E-state index in [2.05, 4.69) is 22.0 Å². The van der Waals surface area contributed by atoms with Crippen LogP contribution in [0.4, 0.5) is 5.69 Å². The smallest absolute Gasteiger partial charge is 0.279 e. The zero-order chi connectivity index (χ0) is 22.8. The minimum atomic E-state index is -0.344. The summed E-state index contributed by atoms with van der Waals surface area (Å²) in [6.45, 7) is 10.0. The standard InChI is InChI=1S/C25H25N5O2/c1-5-13-29-18(4)20(15-22(31)26-21-12-11-16(2)14-17(21)3)24(32)30-25(29)27-23(28-30)19-9-7-6-8-10-19/h5-12,14H,1,13,15H2,2-4H3,(H,26,31). The van der Waals surface area contributed by atoms with Crippen molar-refractivity contribution in [1.29, 1.82) is 0 Å². The second kappa shape index (κ2) is 8.63. The third kappa shape index (κ3) is 3.97. The summed E-state index contributed by atoms with van der Waals surface area (Å²) in [6, 6.07) is 15.3. The van der Waals surface area contributed by atoms with E-state index in [0.717, 1.165) is 22.4 Å². The predicted molar refractivity (Wildman–Crippen MR) is 126 cm³/mol. The highest BCUT2D eigenvalue weighted by atomic mass is 16.2. The van der Waals surface area contributed by atoms with Crippen LogP contribution in [-0.4, -0.2) is 25.1 Å². The summed E-state index contributed by atoms with van der Waals surface area (Å²) in [6.07, 6.45) is 1.67. The van der Waals surface area contributed by atoms with Crippen LogP contribution in [0.25, 0.3) is 17.2 Å². The average Bonchev–Trinajstić information content (AvgIpc) is 3.22. The van der Waals surface area contributed by atoms with Crippen LogP contribution in [0.3, 0.4) is 0 Å². The van der Waals surface area contributed by atoms with Crippen molar-refractivity contribution in [3.05, 3.63) is 93.9 Å². The molecular weight excluding hydrogens is 402 g/mol. The van der Waals surface area contributed by atoms with E-state index >= 15 is 0 Å². The van der Waals surface area contributed by atoms with Crippen molar-refractivity contribution in [1.82, 2.24) is 19.2 Å². The van der Waals surface area contributed by atoms with Gasteiger partial charge in [0.05, 0.1) is 6.42 Å². The second-order valence-corrected chi connectivity index (χ2v) is 7.82. The Kier molecular flexibility index (Phi) is 5.73. The molecule has 0 unspecified atom stereocenters. The number of aryl methyl sites for hydroxylation is 2. The van der Waals surface area contributed by atoms with Crippen molar-refractivity contribution < 1.29 is 4.79 Å². The molecule has 1 N–H and O–H groups in total. The molecule has 2 aromatic carbocycles. The first-order valence-electron chi connectivity index (χ1n) is 10.4. The summed E-state index contributed by atoms with van der Waals surface area (Å²) in [4.78, 5) is 30.7. The zero-order valence-electron chi connectivity index (χ0n) is 18.4. The number of carbonyl (C=O) groups is 1. The SMILES string of the molecule is C=CCn1c(C)c(CC(=O)Nc2ccc(C)cc2C)c(=O)n2nc(-c3ccccc3)nc12. The van der Waals surface area contributed by atoms with Gasteiger partial charge in [-0.3, -0.25) is 9.59 Å². The third-order valence-electron chi connectivity index (χ3n) is 5.46. The molecule has 0 saturated heterocycles. The first-order chi connectivity index (χ1) is 15.4. The number of amides is 1. The number of fused-ring (bicyclic) bond motifs is 1. The van der Waals surface area contributed by atoms with Gasteiger partial charge in [0.15, 0.2) is 5.82 Å². The van der Waals surface area contributed by atoms with E-state index in [-0.39, 0.29) is 17.9 Å². The molecule has 32 heavy (non-hydrogen) atoms. The van der Waals surface area contributed by atoms with Gasteiger partial charge in [0.2, 0.25) is 11.7 Å². The molecule has 0 aliphatic rings. The van der Waals surface area contributed by atoms with Crippen LogP contribution in [0.15, 0.2) is 66.0 Å². The van der Waals surface area contributed by atoms with E-state index in [0.29, 0.717) is 29.4 Å². The average molecular weight is 428 g/mol. The molecule has 0 spiro atoms. The molecule has 1 amide bonds. The fraction of sp³-hybridized carbons (Fsp3) is 0.200. The van der Waals surface area contributed by atoms with E-state index in [9.17, 15) is 9.59 Å². The molecule has 0 bridgehead atoms. The molecule has 7 nitrogen and oxygen atoms in total. The largest absolute Gasteiger partial charge is 0.326 e.